The number of likely N-dealkylation sites (N-methyl/N-ethyl adjacent to an activating group) is 1. The van der Waals surface area contributed by atoms with Crippen molar-refractivity contribution in [3.05, 3.63) is 56.5 Å². The molecule has 178 valence electrons. The molecule has 5 rings (SSSR count). The van der Waals surface area contributed by atoms with Crippen LogP contribution in [0.2, 0.25) is 5.02 Å². The van der Waals surface area contributed by atoms with Crippen LogP contribution >= 0.6 is 22.9 Å². The molecule has 4 aromatic rings. The third-order valence-electron chi connectivity index (χ3n) is 6.36. The molecular weight excluding hydrogens is 472 g/mol. The SMILES string of the molecule is CCN(CCO)c1nc2c(sc3nc(C)c4c(c32)CC(C)(C)OC4)c(=O)n1-c1cccc(Cl)c1. The van der Waals surface area contributed by atoms with Gasteiger partial charge in [0.1, 0.15) is 15.0 Å². The van der Waals surface area contributed by atoms with E-state index >= 15 is 0 Å². The van der Waals surface area contributed by atoms with E-state index in [0.29, 0.717) is 46.6 Å². The van der Waals surface area contributed by atoms with Gasteiger partial charge in [-0.15, -0.1) is 11.3 Å². The Morgan fingerprint density at radius 2 is 2.09 bits per heavy atom. The second kappa shape index (κ2) is 8.61. The van der Waals surface area contributed by atoms with Crippen LogP contribution in [-0.2, 0) is 17.8 Å². The number of nitrogens with zero attached hydrogens (tertiary/aromatic N) is 4. The Balaban J connectivity index is 1.90. The highest BCUT2D eigenvalue weighted by Crippen LogP contribution is 2.40. The first-order valence-electron chi connectivity index (χ1n) is 11.4. The van der Waals surface area contributed by atoms with Gasteiger partial charge in [-0.3, -0.25) is 4.79 Å². The summed E-state index contributed by atoms with van der Waals surface area (Å²) in [5.74, 6) is 0.483. The molecule has 9 heteroatoms. The minimum absolute atomic E-state index is 0.0522. The summed E-state index contributed by atoms with van der Waals surface area (Å²) in [6.07, 6.45) is 0.719. The number of pyridine rings is 1. The maximum absolute atomic E-state index is 14.0. The van der Waals surface area contributed by atoms with Crippen molar-refractivity contribution in [3.8, 4) is 5.69 Å². The third-order valence-corrected chi connectivity index (χ3v) is 7.65. The molecule has 0 atom stereocenters. The monoisotopic (exact) mass is 498 g/mol. The van der Waals surface area contributed by atoms with Crippen LogP contribution < -0.4 is 10.5 Å². The maximum Gasteiger partial charge on any atom is 0.277 e. The van der Waals surface area contributed by atoms with Crippen LogP contribution in [0.15, 0.2) is 29.1 Å². The molecule has 1 N–H and O–H groups in total. The van der Waals surface area contributed by atoms with Crippen molar-refractivity contribution >= 4 is 49.3 Å². The number of aliphatic hydroxyl groups excluding tert-OH is 1. The summed E-state index contributed by atoms with van der Waals surface area (Å²) in [4.78, 5) is 26.6. The molecule has 0 bridgehead atoms. The standard InChI is InChI=1S/C25H27ClN4O3S/c1-5-29(9-10-31)24-28-20-19-17-12-25(3,4)33-13-18(17)14(2)27-22(19)34-21(20)23(32)30(24)16-8-6-7-15(26)11-16/h6-8,11,31H,5,9-10,12-13H2,1-4H3. The number of anilines is 1. The van der Waals surface area contributed by atoms with E-state index in [9.17, 15) is 9.90 Å². The average molecular weight is 499 g/mol. The van der Waals surface area contributed by atoms with Gasteiger partial charge in [-0.25, -0.2) is 14.5 Å². The van der Waals surface area contributed by atoms with E-state index in [2.05, 4.69) is 13.8 Å². The van der Waals surface area contributed by atoms with Gasteiger partial charge in [0, 0.05) is 41.2 Å². The van der Waals surface area contributed by atoms with Crippen molar-refractivity contribution in [2.24, 2.45) is 0 Å². The Bertz CT molecular complexity index is 1480. The van der Waals surface area contributed by atoms with E-state index in [1.54, 1.807) is 16.7 Å². The molecule has 34 heavy (non-hydrogen) atoms. The Labute approximate surface area is 206 Å². The van der Waals surface area contributed by atoms with Gasteiger partial charge in [0.25, 0.3) is 5.56 Å². The van der Waals surface area contributed by atoms with Crippen LogP contribution in [0.3, 0.4) is 0 Å². The van der Waals surface area contributed by atoms with Gasteiger partial charge in [-0.2, -0.15) is 0 Å². The number of benzene rings is 1. The first-order valence-corrected chi connectivity index (χ1v) is 12.6. The molecule has 0 saturated carbocycles. The van der Waals surface area contributed by atoms with E-state index in [-0.39, 0.29) is 17.8 Å². The lowest BCUT2D eigenvalue weighted by Gasteiger charge is -2.32. The van der Waals surface area contributed by atoms with Crippen LogP contribution in [0.1, 0.15) is 37.6 Å². The van der Waals surface area contributed by atoms with E-state index in [1.165, 1.54) is 11.3 Å². The lowest BCUT2D eigenvalue weighted by Crippen LogP contribution is -2.34. The number of fused-ring (bicyclic) bond motifs is 5. The summed E-state index contributed by atoms with van der Waals surface area (Å²) < 4.78 is 8.21. The molecule has 1 aliphatic heterocycles. The molecule has 0 aliphatic carbocycles. The van der Waals surface area contributed by atoms with Crippen LogP contribution in [0.5, 0.6) is 0 Å². The molecular formula is C25H27ClN4O3S. The van der Waals surface area contributed by atoms with Crippen molar-refractivity contribution in [2.75, 3.05) is 24.6 Å². The molecule has 0 amide bonds. The zero-order valence-corrected chi connectivity index (χ0v) is 21.3. The molecule has 0 fully saturated rings. The number of halogens is 1. The molecule has 0 saturated heterocycles. The van der Waals surface area contributed by atoms with Gasteiger partial charge in [-0.1, -0.05) is 17.7 Å². The summed E-state index contributed by atoms with van der Waals surface area (Å²) in [7, 11) is 0. The largest absolute Gasteiger partial charge is 0.395 e. The Hall–Kier alpha value is -2.52. The Kier molecular flexibility index (Phi) is 5.88. The van der Waals surface area contributed by atoms with Crippen molar-refractivity contribution < 1.29 is 9.84 Å². The number of aliphatic hydroxyl groups is 1. The van der Waals surface area contributed by atoms with Gasteiger partial charge in [-0.05, 0) is 51.5 Å². The van der Waals surface area contributed by atoms with Crippen LogP contribution in [0.4, 0.5) is 5.95 Å². The molecule has 4 heterocycles. The summed E-state index contributed by atoms with van der Waals surface area (Å²) >= 11 is 7.65. The Morgan fingerprint density at radius 1 is 1.29 bits per heavy atom. The number of thiophene rings is 1. The topological polar surface area (TPSA) is 80.5 Å². The minimum atomic E-state index is -0.313. The molecule has 0 spiro atoms. The fourth-order valence-corrected chi connectivity index (χ4v) is 5.96. The van der Waals surface area contributed by atoms with Crippen molar-refractivity contribution in [1.82, 2.24) is 14.5 Å². The van der Waals surface area contributed by atoms with E-state index < -0.39 is 0 Å². The molecule has 7 nitrogen and oxygen atoms in total. The fourth-order valence-electron chi connectivity index (χ4n) is 4.66. The molecule has 3 aromatic heterocycles. The first kappa shape index (κ1) is 23.2. The predicted octanol–water partition coefficient (Wildman–Crippen LogP) is 4.63. The number of aryl methyl sites for hydroxylation is 1. The average Bonchev–Trinajstić information content (AvgIpc) is 3.15. The number of hydrogen-bond donors (Lipinski definition) is 1. The summed E-state index contributed by atoms with van der Waals surface area (Å²) in [5.41, 5.74) is 3.99. The van der Waals surface area contributed by atoms with Gasteiger partial charge >= 0.3 is 0 Å². The smallest absolute Gasteiger partial charge is 0.277 e. The molecule has 1 aromatic carbocycles. The second-order valence-electron chi connectivity index (χ2n) is 9.17. The highest BCUT2D eigenvalue weighted by Gasteiger charge is 2.31. The maximum atomic E-state index is 14.0. The number of hydrogen-bond acceptors (Lipinski definition) is 7. The number of rotatable bonds is 5. The van der Waals surface area contributed by atoms with Crippen molar-refractivity contribution in [1.29, 1.82) is 0 Å². The second-order valence-corrected chi connectivity index (χ2v) is 10.6. The normalized spacial score (nSPS) is 15.1. The van der Waals surface area contributed by atoms with Gasteiger partial charge in [0.15, 0.2) is 0 Å². The molecule has 1 aliphatic rings. The Morgan fingerprint density at radius 3 is 2.79 bits per heavy atom. The van der Waals surface area contributed by atoms with Crippen LogP contribution in [0.25, 0.3) is 26.1 Å². The molecule has 0 unspecified atom stereocenters. The van der Waals surface area contributed by atoms with Gasteiger partial charge < -0.3 is 14.7 Å². The van der Waals surface area contributed by atoms with Crippen molar-refractivity contribution in [3.63, 3.8) is 0 Å². The zero-order chi connectivity index (χ0) is 24.2. The predicted molar refractivity (Wildman–Crippen MR) is 138 cm³/mol. The fraction of sp³-hybridized carbons (Fsp3) is 0.400. The van der Waals surface area contributed by atoms with Crippen LogP contribution in [-0.4, -0.2) is 44.9 Å². The first-order chi connectivity index (χ1) is 16.2. The quantitative estimate of drug-likeness (QED) is 0.432. The summed E-state index contributed by atoms with van der Waals surface area (Å²) in [6.45, 7) is 9.51. The highest BCUT2D eigenvalue weighted by atomic mass is 35.5. The van der Waals surface area contributed by atoms with Crippen LogP contribution in [0, 0.1) is 6.92 Å². The summed E-state index contributed by atoms with van der Waals surface area (Å²) in [6, 6.07) is 7.18. The van der Waals surface area contributed by atoms with E-state index in [0.717, 1.165) is 33.5 Å². The lowest BCUT2D eigenvalue weighted by molar-refractivity contribution is -0.0400. The minimum Gasteiger partial charge on any atom is -0.395 e. The van der Waals surface area contributed by atoms with E-state index in [4.69, 9.17) is 26.3 Å². The highest BCUT2D eigenvalue weighted by molar-refractivity contribution is 7.25. The molecule has 0 radical (unpaired) electrons. The lowest BCUT2D eigenvalue weighted by atomic mass is 9.89. The van der Waals surface area contributed by atoms with Gasteiger partial charge in [0.2, 0.25) is 5.95 Å². The number of aromatic nitrogens is 3. The number of ether oxygens (including phenoxy) is 1. The van der Waals surface area contributed by atoms with Crippen molar-refractivity contribution in [2.45, 2.75) is 46.3 Å². The van der Waals surface area contributed by atoms with Gasteiger partial charge in [0.05, 0.1) is 24.5 Å². The van der Waals surface area contributed by atoms with E-state index in [1.807, 2.05) is 30.9 Å². The summed E-state index contributed by atoms with van der Waals surface area (Å²) in [5, 5.41) is 11.2. The third kappa shape index (κ3) is 3.79. The zero-order valence-electron chi connectivity index (χ0n) is 19.7.